The second kappa shape index (κ2) is 5.78. The lowest BCUT2D eigenvalue weighted by Crippen LogP contribution is -2.20. The molecule has 0 spiro atoms. The number of aliphatic hydroxyl groups is 1. The summed E-state index contributed by atoms with van der Waals surface area (Å²) in [4.78, 5) is 2.71. The van der Waals surface area contributed by atoms with Crippen LogP contribution in [0.25, 0.3) is 0 Å². The quantitative estimate of drug-likeness (QED) is 0.871. The highest BCUT2D eigenvalue weighted by atomic mass is 32.1. The highest BCUT2D eigenvalue weighted by Gasteiger charge is 2.08. The first-order chi connectivity index (χ1) is 8.16. The molecule has 2 nitrogen and oxygen atoms in total. The van der Waals surface area contributed by atoms with Gasteiger partial charge in [0.25, 0.3) is 0 Å². The molecule has 17 heavy (non-hydrogen) atoms. The molecule has 2 heterocycles. The van der Waals surface area contributed by atoms with Crippen LogP contribution < -0.4 is 5.32 Å². The molecule has 0 aliphatic rings. The SMILES string of the molecule is Cc1cc(CNCC(O)c2ccsc2)c(C)s1. The van der Waals surface area contributed by atoms with E-state index in [0.29, 0.717) is 6.54 Å². The van der Waals surface area contributed by atoms with Crippen molar-refractivity contribution in [2.75, 3.05) is 6.54 Å². The summed E-state index contributed by atoms with van der Waals surface area (Å²) in [5, 5.41) is 17.2. The Balaban J connectivity index is 1.82. The summed E-state index contributed by atoms with van der Waals surface area (Å²) in [6, 6.07) is 4.18. The Morgan fingerprint density at radius 3 is 2.82 bits per heavy atom. The minimum atomic E-state index is -0.402. The maximum Gasteiger partial charge on any atom is 0.0922 e. The molecular formula is C13H17NOS2. The molecule has 2 N–H and O–H groups in total. The normalized spacial score (nSPS) is 12.9. The molecule has 2 rings (SSSR count). The zero-order valence-electron chi connectivity index (χ0n) is 10.1. The number of nitrogens with one attached hydrogen (secondary N) is 1. The fourth-order valence-electron chi connectivity index (χ4n) is 1.78. The van der Waals surface area contributed by atoms with Gasteiger partial charge in [-0.15, -0.1) is 11.3 Å². The van der Waals surface area contributed by atoms with Crippen LogP contribution in [0.15, 0.2) is 22.9 Å². The van der Waals surface area contributed by atoms with Crippen LogP contribution in [0.1, 0.15) is 27.0 Å². The smallest absolute Gasteiger partial charge is 0.0922 e. The summed E-state index contributed by atoms with van der Waals surface area (Å²) in [6.07, 6.45) is -0.402. The molecule has 0 saturated carbocycles. The fourth-order valence-corrected chi connectivity index (χ4v) is 3.44. The van der Waals surface area contributed by atoms with Gasteiger partial charge < -0.3 is 10.4 Å². The first-order valence-corrected chi connectivity index (χ1v) is 7.39. The summed E-state index contributed by atoms with van der Waals surface area (Å²) >= 11 is 3.44. The third kappa shape index (κ3) is 3.39. The Labute approximate surface area is 110 Å². The van der Waals surface area contributed by atoms with Gasteiger partial charge in [-0.1, -0.05) is 0 Å². The summed E-state index contributed by atoms with van der Waals surface area (Å²) in [6.45, 7) is 5.70. The predicted octanol–water partition coefficient (Wildman–Crippen LogP) is 3.25. The van der Waals surface area contributed by atoms with E-state index in [4.69, 9.17) is 0 Å². The van der Waals surface area contributed by atoms with Crippen LogP contribution in [0.5, 0.6) is 0 Å². The highest BCUT2D eigenvalue weighted by Crippen LogP contribution is 2.20. The second-order valence-electron chi connectivity index (χ2n) is 4.14. The molecule has 0 radical (unpaired) electrons. The summed E-state index contributed by atoms with van der Waals surface area (Å²) in [7, 11) is 0. The van der Waals surface area contributed by atoms with Crippen LogP contribution in [0.3, 0.4) is 0 Å². The fraction of sp³-hybridized carbons (Fsp3) is 0.385. The Kier molecular flexibility index (Phi) is 4.34. The molecule has 0 aromatic carbocycles. The zero-order valence-corrected chi connectivity index (χ0v) is 11.7. The van der Waals surface area contributed by atoms with Crippen LogP contribution in [0.2, 0.25) is 0 Å². The van der Waals surface area contributed by atoms with E-state index in [1.165, 1.54) is 15.3 Å². The van der Waals surface area contributed by atoms with Crippen molar-refractivity contribution in [2.24, 2.45) is 0 Å². The highest BCUT2D eigenvalue weighted by molar-refractivity contribution is 7.12. The number of hydrogen-bond donors (Lipinski definition) is 2. The zero-order chi connectivity index (χ0) is 12.3. The van der Waals surface area contributed by atoms with Gasteiger partial charge in [0.1, 0.15) is 0 Å². The van der Waals surface area contributed by atoms with E-state index in [1.807, 2.05) is 28.2 Å². The second-order valence-corrected chi connectivity index (χ2v) is 6.38. The standard InChI is InChI=1S/C13H17NOS2/c1-9-5-12(10(2)17-9)6-14-7-13(15)11-3-4-16-8-11/h3-5,8,13-15H,6-7H2,1-2H3. The molecule has 2 aromatic rings. The number of aliphatic hydroxyl groups excluding tert-OH is 1. The van der Waals surface area contributed by atoms with Crippen molar-refractivity contribution < 1.29 is 5.11 Å². The predicted molar refractivity (Wildman–Crippen MR) is 74.8 cm³/mol. The van der Waals surface area contributed by atoms with Crippen LogP contribution in [-0.2, 0) is 6.54 Å². The van der Waals surface area contributed by atoms with E-state index in [2.05, 4.69) is 25.2 Å². The van der Waals surface area contributed by atoms with Gasteiger partial charge >= 0.3 is 0 Å². The Bertz CT molecular complexity index is 462. The monoisotopic (exact) mass is 267 g/mol. The van der Waals surface area contributed by atoms with Crippen molar-refractivity contribution in [3.05, 3.63) is 43.8 Å². The van der Waals surface area contributed by atoms with E-state index in [-0.39, 0.29) is 0 Å². The van der Waals surface area contributed by atoms with Gasteiger partial charge in [0.15, 0.2) is 0 Å². The van der Waals surface area contributed by atoms with Gasteiger partial charge in [-0.2, -0.15) is 11.3 Å². The first-order valence-electron chi connectivity index (χ1n) is 5.63. The number of hydrogen-bond acceptors (Lipinski definition) is 4. The van der Waals surface area contributed by atoms with Crippen molar-refractivity contribution in [1.82, 2.24) is 5.32 Å². The minimum absolute atomic E-state index is 0.402. The number of aryl methyl sites for hydroxylation is 2. The average Bonchev–Trinajstić information content (AvgIpc) is 2.89. The molecular weight excluding hydrogens is 250 g/mol. The number of rotatable bonds is 5. The first kappa shape index (κ1) is 12.8. The number of thiophene rings is 2. The van der Waals surface area contributed by atoms with Gasteiger partial charge in [0.05, 0.1) is 6.10 Å². The van der Waals surface area contributed by atoms with Crippen molar-refractivity contribution >= 4 is 22.7 Å². The van der Waals surface area contributed by atoms with Crippen LogP contribution in [0, 0.1) is 13.8 Å². The van der Waals surface area contributed by atoms with Crippen molar-refractivity contribution in [1.29, 1.82) is 0 Å². The molecule has 1 atom stereocenters. The summed E-state index contributed by atoms with van der Waals surface area (Å²) < 4.78 is 0. The minimum Gasteiger partial charge on any atom is -0.387 e. The van der Waals surface area contributed by atoms with E-state index >= 15 is 0 Å². The molecule has 0 fully saturated rings. The molecule has 0 bridgehead atoms. The lowest BCUT2D eigenvalue weighted by atomic mass is 10.2. The Morgan fingerprint density at radius 1 is 1.41 bits per heavy atom. The summed E-state index contributed by atoms with van der Waals surface area (Å²) in [5.41, 5.74) is 2.34. The Morgan fingerprint density at radius 2 is 2.24 bits per heavy atom. The van der Waals surface area contributed by atoms with Crippen molar-refractivity contribution in [3.8, 4) is 0 Å². The lowest BCUT2D eigenvalue weighted by molar-refractivity contribution is 0.175. The van der Waals surface area contributed by atoms with Crippen LogP contribution in [-0.4, -0.2) is 11.7 Å². The van der Waals surface area contributed by atoms with E-state index in [0.717, 1.165) is 12.1 Å². The Hall–Kier alpha value is -0.680. The molecule has 0 aliphatic carbocycles. The van der Waals surface area contributed by atoms with Gasteiger partial charge in [0.2, 0.25) is 0 Å². The molecule has 1 unspecified atom stereocenters. The molecule has 0 amide bonds. The topological polar surface area (TPSA) is 32.3 Å². The average molecular weight is 267 g/mol. The summed E-state index contributed by atoms with van der Waals surface area (Å²) in [5.74, 6) is 0. The van der Waals surface area contributed by atoms with Gasteiger partial charge in [-0.25, -0.2) is 0 Å². The molecule has 92 valence electrons. The van der Waals surface area contributed by atoms with E-state index in [9.17, 15) is 5.11 Å². The van der Waals surface area contributed by atoms with Gasteiger partial charge in [-0.3, -0.25) is 0 Å². The third-order valence-electron chi connectivity index (χ3n) is 2.72. The van der Waals surface area contributed by atoms with Crippen molar-refractivity contribution in [3.63, 3.8) is 0 Å². The molecule has 0 aliphatic heterocycles. The van der Waals surface area contributed by atoms with Crippen molar-refractivity contribution in [2.45, 2.75) is 26.5 Å². The largest absolute Gasteiger partial charge is 0.387 e. The lowest BCUT2D eigenvalue weighted by Gasteiger charge is -2.10. The maximum absolute atomic E-state index is 9.91. The van der Waals surface area contributed by atoms with Gasteiger partial charge in [-0.05, 0) is 47.9 Å². The molecule has 4 heteroatoms. The van der Waals surface area contributed by atoms with E-state index < -0.39 is 6.10 Å². The van der Waals surface area contributed by atoms with Gasteiger partial charge in [0, 0.05) is 22.8 Å². The van der Waals surface area contributed by atoms with E-state index in [1.54, 1.807) is 11.3 Å². The van der Waals surface area contributed by atoms with Crippen LogP contribution in [0.4, 0.5) is 0 Å². The molecule has 2 aromatic heterocycles. The van der Waals surface area contributed by atoms with Crippen LogP contribution >= 0.6 is 22.7 Å². The third-order valence-corrected chi connectivity index (χ3v) is 4.43. The maximum atomic E-state index is 9.91. The molecule has 0 saturated heterocycles.